The van der Waals surface area contributed by atoms with Crippen molar-refractivity contribution in [2.45, 2.75) is 12.8 Å². The molecule has 0 saturated carbocycles. The van der Waals surface area contributed by atoms with E-state index in [1.54, 1.807) is 0 Å². The Morgan fingerprint density at radius 2 is 1.94 bits per heavy atom. The van der Waals surface area contributed by atoms with Gasteiger partial charge in [0.05, 0.1) is 0 Å². The zero-order chi connectivity index (χ0) is 11.5. The largest absolute Gasteiger partial charge is 0.316 e. The summed E-state index contributed by atoms with van der Waals surface area (Å²) >= 11 is 0. The molecule has 1 heterocycles. The van der Waals surface area contributed by atoms with Crippen LogP contribution in [-0.4, -0.2) is 18.9 Å². The summed E-state index contributed by atoms with van der Waals surface area (Å²) in [5, 5.41) is 3.05. The van der Waals surface area contributed by atoms with Gasteiger partial charge in [-0.15, -0.1) is 0 Å². The van der Waals surface area contributed by atoms with E-state index in [1.165, 1.54) is 18.2 Å². The third-order valence-corrected chi connectivity index (χ3v) is 2.82. The molecule has 0 atom stereocenters. The van der Waals surface area contributed by atoms with Crippen LogP contribution in [0.4, 0.5) is 8.78 Å². The van der Waals surface area contributed by atoms with Gasteiger partial charge in [-0.05, 0) is 31.1 Å². The second-order valence-electron chi connectivity index (χ2n) is 4.14. The van der Waals surface area contributed by atoms with Crippen LogP contribution in [0.15, 0.2) is 18.2 Å². The van der Waals surface area contributed by atoms with Crippen molar-refractivity contribution in [3.05, 3.63) is 35.4 Å². The summed E-state index contributed by atoms with van der Waals surface area (Å²) in [7, 11) is 0. The fraction of sp³-hybridized carbons (Fsp3) is 0.417. The first-order chi connectivity index (χ1) is 7.66. The van der Waals surface area contributed by atoms with Crippen molar-refractivity contribution in [2.75, 3.05) is 13.1 Å². The molecule has 16 heavy (non-hydrogen) atoms. The van der Waals surface area contributed by atoms with Gasteiger partial charge in [-0.3, -0.25) is 4.79 Å². The van der Waals surface area contributed by atoms with Gasteiger partial charge >= 0.3 is 0 Å². The van der Waals surface area contributed by atoms with E-state index in [1.807, 2.05) is 0 Å². The monoisotopic (exact) mass is 225 g/mol. The molecule has 0 aliphatic carbocycles. The minimum absolute atomic E-state index is 0.101. The van der Waals surface area contributed by atoms with Crippen LogP contribution >= 0.6 is 0 Å². The van der Waals surface area contributed by atoms with E-state index >= 15 is 0 Å². The molecule has 1 aromatic rings. The van der Waals surface area contributed by atoms with Crippen LogP contribution in [0, 0.1) is 17.6 Å². The van der Waals surface area contributed by atoms with Crippen LogP contribution in [0.25, 0.3) is 0 Å². The van der Waals surface area contributed by atoms with Crippen LogP contribution in [0.1, 0.15) is 12.0 Å². The predicted octanol–water partition coefficient (Wildman–Crippen LogP) is 1.69. The highest BCUT2D eigenvalue weighted by atomic mass is 19.1. The Balaban J connectivity index is 1.99. The lowest BCUT2D eigenvalue weighted by molar-refractivity contribution is -0.119. The summed E-state index contributed by atoms with van der Waals surface area (Å²) in [6.45, 7) is 1.65. The predicted molar refractivity (Wildman–Crippen MR) is 56.0 cm³/mol. The summed E-state index contributed by atoms with van der Waals surface area (Å²) < 4.78 is 26.5. The molecule has 1 aliphatic heterocycles. The Kier molecular flexibility index (Phi) is 3.29. The number of benzene rings is 1. The van der Waals surface area contributed by atoms with E-state index in [4.69, 9.17) is 0 Å². The topological polar surface area (TPSA) is 29.1 Å². The van der Waals surface area contributed by atoms with E-state index in [0.717, 1.165) is 13.1 Å². The first-order valence-corrected chi connectivity index (χ1v) is 5.32. The van der Waals surface area contributed by atoms with Crippen molar-refractivity contribution >= 4 is 5.78 Å². The summed E-state index contributed by atoms with van der Waals surface area (Å²) in [6, 6.07) is 3.65. The van der Waals surface area contributed by atoms with Crippen molar-refractivity contribution in [2.24, 2.45) is 5.92 Å². The second-order valence-corrected chi connectivity index (χ2v) is 4.14. The molecule has 1 aromatic carbocycles. The zero-order valence-corrected chi connectivity index (χ0v) is 8.80. The average Bonchev–Trinajstić information content (AvgIpc) is 2.18. The first-order valence-electron chi connectivity index (χ1n) is 5.32. The molecule has 1 N–H and O–H groups in total. The average molecular weight is 225 g/mol. The Morgan fingerprint density at radius 1 is 1.31 bits per heavy atom. The smallest absolute Gasteiger partial charge is 0.137 e. The highest BCUT2D eigenvalue weighted by molar-refractivity contribution is 5.81. The molecule has 2 nitrogen and oxygen atoms in total. The van der Waals surface area contributed by atoms with Gasteiger partial charge in [-0.25, -0.2) is 8.78 Å². The van der Waals surface area contributed by atoms with E-state index < -0.39 is 11.6 Å². The van der Waals surface area contributed by atoms with Crippen molar-refractivity contribution in [1.29, 1.82) is 0 Å². The molecule has 0 spiro atoms. The molecule has 1 aliphatic rings. The van der Waals surface area contributed by atoms with Gasteiger partial charge in [-0.2, -0.15) is 0 Å². The van der Waals surface area contributed by atoms with E-state index in [2.05, 4.69) is 5.32 Å². The lowest BCUT2D eigenvalue weighted by Crippen LogP contribution is -2.43. The van der Waals surface area contributed by atoms with Crippen LogP contribution in [-0.2, 0) is 11.2 Å². The SMILES string of the molecule is O=C(Cc1c(F)cccc1F)CC1CNC1. The molecule has 0 amide bonds. The summed E-state index contributed by atoms with van der Waals surface area (Å²) in [5.74, 6) is -1.04. The number of rotatable bonds is 4. The molecule has 1 fully saturated rings. The van der Waals surface area contributed by atoms with Gasteiger partial charge in [-0.1, -0.05) is 6.07 Å². The summed E-state index contributed by atoms with van der Waals surface area (Å²) in [5.41, 5.74) is -0.111. The van der Waals surface area contributed by atoms with Gasteiger partial charge in [0.15, 0.2) is 0 Å². The first kappa shape index (κ1) is 11.2. The quantitative estimate of drug-likeness (QED) is 0.844. The van der Waals surface area contributed by atoms with Crippen molar-refractivity contribution in [1.82, 2.24) is 5.32 Å². The van der Waals surface area contributed by atoms with E-state index in [9.17, 15) is 13.6 Å². The molecule has 4 heteroatoms. The molecule has 2 rings (SSSR count). The molecule has 86 valence electrons. The Labute approximate surface area is 92.7 Å². The van der Waals surface area contributed by atoms with Crippen LogP contribution in [0.5, 0.6) is 0 Å². The fourth-order valence-corrected chi connectivity index (χ4v) is 1.79. The number of Topliss-reactive ketones (excluding diaryl/α,β-unsaturated/α-hetero) is 1. The number of halogens is 2. The molecular formula is C12H13F2NO. The number of carbonyl (C=O) groups is 1. The van der Waals surface area contributed by atoms with Crippen molar-refractivity contribution in [3.8, 4) is 0 Å². The van der Waals surface area contributed by atoms with Gasteiger partial charge in [0.2, 0.25) is 0 Å². The third kappa shape index (κ3) is 2.44. The standard InChI is InChI=1S/C12H13F2NO/c13-11-2-1-3-12(14)10(11)5-9(16)4-8-6-15-7-8/h1-3,8,15H,4-7H2. The van der Waals surface area contributed by atoms with Crippen LogP contribution in [0.3, 0.4) is 0 Å². The molecular weight excluding hydrogens is 212 g/mol. The number of hydrogen-bond acceptors (Lipinski definition) is 2. The van der Waals surface area contributed by atoms with Crippen LogP contribution in [0.2, 0.25) is 0 Å². The Hall–Kier alpha value is -1.29. The van der Waals surface area contributed by atoms with Crippen molar-refractivity contribution in [3.63, 3.8) is 0 Å². The van der Waals surface area contributed by atoms with E-state index in [-0.39, 0.29) is 17.8 Å². The lowest BCUT2D eigenvalue weighted by Gasteiger charge is -2.26. The maximum absolute atomic E-state index is 13.2. The maximum atomic E-state index is 13.2. The third-order valence-electron chi connectivity index (χ3n) is 2.82. The minimum Gasteiger partial charge on any atom is -0.316 e. The molecule has 0 bridgehead atoms. The Morgan fingerprint density at radius 3 is 2.44 bits per heavy atom. The number of ketones is 1. The van der Waals surface area contributed by atoms with Crippen molar-refractivity contribution < 1.29 is 13.6 Å². The second kappa shape index (κ2) is 4.70. The van der Waals surface area contributed by atoms with Crippen LogP contribution < -0.4 is 5.32 Å². The normalized spacial score (nSPS) is 15.9. The minimum atomic E-state index is -0.639. The summed E-state index contributed by atoms with van der Waals surface area (Å²) in [4.78, 5) is 11.6. The fourth-order valence-electron chi connectivity index (χ4n) is 1.79. The van der Waals surface area contributed by atoms with Gasteiger partial charge in [0.1, 0.15) is 17.4 Å². The highest BCUT2D eigenvalue weighted by Gasteiger charge is 2.21. The van der Waals surface area contributed by atoms with Gasteiger partial charge in [0, 0.05) is 18.4 Å². The molecule has 1 saturated heterocycles. The lowest BCUT2D eigenvalue weighted by atomic mass is 9.94. The maximum Gasteiger partial charge on any atom is 0.137 e. The number of hydrogen-bond donors (Lipinski definition) is 1. The Bertz CT molecular complexity index is 382. The zero-order valence-electron chi connectivity index (χ0n) is 8.80. The number of nitrogens with one attached hydrogen (secondary N) is 1. The van der Waals surface area contributed by atoms with Gasteiger partial charge in [0.25, 0.3) is 0 Å². The number of carbonyl (C=O) groups excluding carboxylic acids is 1. The molecule has 0 aromatic heterocycles. The molecule has 0 radical (unpaired) electrons. The molecule has 0 unspecified atom stereocenters. The van der Waals surface area contributed by atoms with E-state index in [0.29, 0.717) is 12.3 Å². The van der Waals surface area contributed by atoms with Gasteiger partial charge < -0.3 is 5.32 Å². The highest BCUT2D eigenvalue weighted by Crippen LogP contribution is 2.16. The summed E-state index contributed by atoms with van der Waals surface area (Å²) in [6.07, 6.45) is 0.260.